The monoisotopic (exact) mass is 300 g/mol. The molecule has 1 fully saturated rings. The Labute approximate surface area is 131 Å². The zero-order valence-electron chi connectivity index (χ0n) is 13.9. The molecule has 2 aromatic rings. The Morgan fingerprint density at radius 1 is 1.18 bits per heavy atom. The molecule has 1 saturated heterocycles. The number of amides is 1. The van der Waals surface area contributed by atoms with Gasteiger partial charge in [0.1, 0.15) is 0 Å². The molecule has 0 radical (unpaired) electrons. The molecule has 0 atom stereocenters. The van der Waals surface area contributed by atoms with Crippen LogP contribution in [0.3, 0.4) is 0 Å². The summed E-state index contributed by atoms with van der Waals surface area (Å²) in [5.41, 5.74) is 3.30. The molecule has 5 nitrogen and oxygen atoms in total. The van der Waals surface area contributed by atoms with Crippen LogP contribution < -0.4 is 0 Å². The number of rotatable bonds is 1. The molecule has 0 bridgehead atoms. The Hall–Kier alpha value is -1.91. The zero-order chi connectivity index (χ0) is 15.9. The van der Waals surface area contributed by atoms with Crippen LogP contribution >= 0.6 is 0 Å². The van der Waals surface area contributed by atoms with Crippen LogP contribution in [-0.2, 0) is 5.41 Å². The van der Waals surface area contributed by atoms with Crippen molar-refractivity contribution in [1.29, 1.82) is 0 Å². The molecule has 118 valence electrons. The Morgan fingerprint density at radius 2 is 1.86 bits per heavy atom. The quantitative estimate of drug-likeness (QED) is 0.813. The third-order valence-electron chi connectivity index (χ3n) is 4.37. The Bertz CT molecular complexity index is 705. The maximum Gasteiger partial charge on any atom is 0.257 e. The highest BCUT2D eigenvalue weighted by Crippen LogP contribution is 2.23. The number of fused-ring (bicyclic) bond motifs is 1. The number of nitrogens with zero attached hydrogens (tertiary/aromatic N) is 4. The van der Waals surface area contributed by atoms with Crippen LogP contribution in [0.2, 0.25) is 0 Å². The van der Waals surface area contributed by atoms with Crippen molar-refractivity contribution >= 4 is 11.6 Å². The van der Waals surface area contributed by atoms with Gasteiger partial charge in [0.05, 0.1) is 17.0 Å². The van der Waals surface area contributed by atoms with Crippen LogP contribution in [-0.4, -0.2) is 38.5 Å². The summed E-state index contributed by atoms with van der Waals surface area (Å²) in [5, 5.41) is 4.66. The molecular weight excluding hydrogens is 276 g/mol. The van der Waals surface area contributed by atoms with Crippen molar-refractivity contribution in [3.05, 3.63) is 29.2 Å². The molecule has 0 aromatic carbocycles. The average molecular weight is 300 g/mol. The van der Waals surface area contributed by atoms with Crippen LogP contribution in [0.4, 0.5) is 0 Å². The number of carbonyl (C=O) groups excluding carboxylic acids is 1. The maximum atomic E-state index is 12.7. The largest absolute Gasteiger partial charge is 0.339 e. The smallest absolute Gasteiger partial charge is 0.257 e. The lowest BCUT2D eigenvalue weighted by molar-refractivity contribution is 0.0722. The third kappa shape index (κ3) is 2.60. The SMILES string of the molecule is Cc1c(C(=O)N2CCCCC2)cnc2cc(C(C)(C)C)nn12. The van der Waals surface area contributed by atoms with E-state index in [1.807, 2.05) is 17.9 Å². The highest BCUT2D eigenvalue weighted by atomic mass is 16.2. The van der Waals surface area contributed by atoms with E-state index in [1.54, 1.807) is 10.7 Å². The molecule has 0 aliphatic carbocycles. The summed E-state index contributed by atoms with van der Waals surface area (Å²) in [5.74, 6) is 0.0828. The van der Waals surface area contributed by atoms with E-state index in [2.05, 4.69) is 30.9 Å². The molecule has 1 aliphatic heterocycles. The molecule has 0 N–H and O–H groups in total. The van der Waals surface area contributed by atoms with E-state index in [-0.39, 0.29) is 11.3 Å². The van der Waals surface area contributed by atoms with E-state index in [4.69, 9.17) is 0 Å². The van der Waals surface area contributed by atoms with Crippen molar-refractivity contribution in [2.45, 2.75) is 52.4 Å². The fourth-order valence-electron chi connectivity index (χ4n) is 2.89. The van der Waals surface area contributed by atoms with Gasteiger partial charge in [-0.2, -0.15) is 5.10 Å². The van der Waals surface area contributed by atoms with Crippen molar-refractivity contribution in [3.63, 3.8) is 0 Å². The van der Waals surface area contributed by atoms with Crippen LogP contribution in [0.25, 0.3) is 5.65 Å². The van der Waals surface area contributed by atoms with E-state index >= 15 is 0 Å². The molecule has 1 amide bonds. The second-order valence-electron chi connectivity index (χ2n) is 7.16. The van der Waals surface area contributed by atoms with Crippen LogP contribution in [0.5, 0.6) is 0 Å². The van der Waals surface area contributed by atoms with Crippen LogP contribution in [0.1, 0.15) is 61.8 Å². The van der Waals surface area contributed by atoms with Crippen molar-refractivity contribution in [3.8, 4) is 0 Å². The summed E-state index contributed by atoms with van der Waals surface area (Å²) >= 11 is 0. The summed E-state index contributed by atoms with van der Waals surface area (Å²) < 4.78 is 1.80. The normalized spacial score (nSPS) is 16.3. The molecule has 2 aromatic heterocycles. The number of aromatic nitrogens is 3. The zero-order valence-corrected chi connectivity index (χ0v) is 13.9. The number of hydrogen-bond acceptors (Lipinski definition) is 3. The van der Waals surface area contributed by atoms with Crippen molar-refractivity contribution < 1.29 is 4.79 Å². The topological polar surface area (TPSA) is 50.5 Å². The summed E-state index contributed by atoms with van der Waals surface area (Å²) in [7, 11) is 0. The lowest BCUT2D eigenvalue weighted by atomic mass is 9.93. The van der Waals surface area contributed by atoms with Crippen molar-refractivity contribution in [2.24, 2.45) is 0 Å². The van der Waals surface area contributed by atoms with Crippen molar-refractivity contribution in [2.75, 3.05) is 13.1 Å². The second-order valence-corrected chi connectivity index (χ2v) is 7.16. The van der Waals surface area contributed by atoms with E-state index in [0.29, 0.717) is 5.56 Å². The van der Waals surface area contributed by atoms with Gasteiger partial charge in [-0.05, 0) is 26.2 Å². The molecule has 0 spiro atoms. The van der Waals surface area contributed by atoms with Gasteiger partial charge in [-0.1, -0.05) is 20.8 Å². The van der Waals surface area contributed by atoms with Gasteiger partial charge < -0.3 is 4.90 Å². The maximum absolute atomic E-state index is 12.7. The van der Waals surface area contributed by atoms with E-state index in [0.717, 1.165) is 43.0 Å². The molecule has 3 rings (SSSR count). The van der Waals surface area contributed by atoms with Gasteiger partial charge in [0.15, 0.2) is 5.65 Å². The second kappa shape index (κ2) is 5.38. The Morgan fingerprint density at radius 3 is 2.50 bits per heavy atom. The lowest BCUT2D eigenvalue weighted by Crippen LogP contribution is -2.36. The predicted molar refractivity (Wildman–Crippen MR) is 86.2 cm³/mol. The highest BCUT2D eigenvalue weighted by molar-refractivity contribution is 5.95. The number of hydrogen-bond donors (Lipinski definition) is 0. The average Bonchev–Trinajstić information content (AvgIpc) is 2.93. The summed E-state index contributed by atoms with van der Waals surface area (Å²) in [6.45, 7) is 10.0. The van der Waals surface area contributed by atoms with Gasteiger partial charge in [0.2, 0.25) is 0 Å². The third-order valence-corrected chi connectivity index (χ3v) is 4.37. The number of carbonyl (C=O) groups is 1. The van der Waals surface area contributed by atoms with Gasteiger partial charge in [-0.25, -0.2) is 9.50 Å². The molecule has 0 unspecified atom stereocenters. The first kappa shape index (κ1) is 15.0. The van der Waals surface area contributed by atoms with Gasteiger partial charge in [0, 0.05) is 30.8 Å². The van der Waals surface area contributed by atoms with E-state index in [1.165, 1.54) is 6.42 Å². The van der Waals surface area contributed by atoms with Gasteiger partial charge in [-0.15, -0.1) is 0 Å². The molecule has 1 aliphatic rings. The standard InChI is InChI=1S/C17H24N4O/c1-12-13(16(22)20-8-6-5-7-9-20)11-18-15-10-14(17(2,3)4)19-21(12)15/h10-11H,5-9H2,1-4H3. The molecule has 5 heteroatoms. The molecule has 3 heterocycles. The summed E-state index contributed by atoms with van der Waals surface area (Å²) in [6.07, 6.45) is 5.11. The molecule has 22 heavy (non-hydrogen) atoms. The van der Waals surface area contributed by atoms with Gasteiger partial charge in [0.25, 0.3) is 5.91 Å². The highest BCUT2D eigenvalue weighted by Gasteiger charge is 2.23. The minimum atomic E-state index is -0.0306. The van der Waals surface area contributed by atoms with E-state index in [9.17, 15) is 4.79 Å². The minimum Gasteiger partial charge on any atom is -0.339 e. The number of likely N-dealkylation sites (tertiary alicyclic amines) is 1. The fraction of sp³-hybridized carbons (Fsp3) is 0.588. The Balaban J connectivity index is 2.00. The van der Waals surface area contributed by atoms with Crippen LogP contribution in [0, 0.1) is 6.92 Å². The summed E-state index contributed by atoms with van der Waals surface area (Å²) in [6, 6.07) is 2.00. The van der Waals surface area contributed by atoms with Crippen molar-refractivity contribution in [1.82, 2.24) is 19.5 Å². The fourth-order valence-corrected chi connectivity index (χ4v) is 2.89. The predicted octanol–water partition coefficient (Wildman–Crippen LogP) is 2.96. The lowest BCUT2D eigenvalue weighted by Gasteiger charge is -2.27. The van der Waals surface area contributed by atoms with Crippen LogP contribution in [0.15, 0.2) is 12.3 Å². The Kier molecular flexibility index (Phi) is 3.67. The number of piperidine rings is 1. The number of aryl methyl sites for hydroxylation is 1. The van der Waals surface area contributed by atoms with Gasteiger partial charge >= 0.3 is 0 Å². The summed E-state index contributed by atoms with van der Waals surface area (Å²) in [4.78, 5) is 19.1. The van der Waals surface area contributed by atoms with E-state index < -0.39 is 0 Å². The first-order chi connectivity index (χ1) is 10.4. The van der Waals surface area contributed by atoms with Gasteiger partial charge in [-0.3, -0.25) is 4.79 Å². The first-order valence-corrected chi connectivity index (χ1v) is 8.03. The molecular formula is C17H24N4O. The first-order valence-electron chi connectivity index (χ1n) is 8.03. The minimum absolute atomic E-state index is 0.0306. The molecule has 0 saturated carbocycles.